The predicted octanol–water partition coefficient (Wildman–Crippen LogP) is 4.13. The maximum absolute atomic E-state index is 13.6. The van der Waals surface area contributed by atoms with E-state index in [1.165, 1.54) is 12.1 Å². The summed E-state index contributed by atoms with van der Waals surface area (Å²) in [5.41, 5.74) is 8.32. The van der Waals surface area contributed by atoms with E-state index < -0.39 is 0 Å². The van der Waals surface area contributed by atoms with Gasteiger partial charge in [-0.2, -0.15) is 0 Å². The first-order chi connectivity index (χ1) is 11.0. The van der Waals surface area contributed by atoms with Crippen LogP contribution in [0.25, 0.3) is 11.4 Å². The third-order valence-corrected chi connectivity index (χ3v) is 4.14. The van der Waals surface area contributed by atoms with Crippen LogP contribution in [0.5, 0.6) is 0 Å². The van der Waals surface area contributed by atoms with Crippen LogP contribution in [-0.4, -0.2) is 14.5 Å². The van der Waals surface area contributed by atoms with Crippen molar-refractivity contribution in [1.82, 2.24) is 9.55 Å². The molecule has 0 saturated carbocycles. The molecule has 0 amide bonds. The Kier molecular flexibility index (Phi) is 4.54. The quantitative estimate of drug-likeness (QED) is 0.682. The van der Waals surface area contributed by atoms with E-state index in [4.69, 9.17) is 18.0 Å². The Morgan fingerprint density at radius 2 is 2.04 bits per heavy atom. The zero-order valence-electron chi connectivity index (χ0n) is 12.0. The molecule has 1 aromatic heterocycles. The van der Waals surface area contributed by atoms with Crippen molar-refractivity contribution in [3.05, 3.63) is 76.3 Å². The zero-order valence-corrected chi connectivity index (χ0v) is 14.4. The summed E-state index contributed by atoms with van der Waals surface area (Å²) in [5.74, 6) is 0.371. The fourth-order valence-electron chi connectivity index (χ4n) is 2.46. The number of aromatic nitrogens is 2. The number of hydrogen-bond acceptors (Lipinski definition) is 2. The normalized spacial score (nSPS) is 10.7. The van der Waals surface area contributed by atoms with Crippen molar-refractivity contribution in [1.29, 1.82) is 0 Å². The molecule has 0 aliphatic rings. The Bertz CT molecular complexity index is 856. The van der Waals surface area contributed by atoms with Gasteiger partial charge in [0.25, 0.3) is 0 Å². The number of imidazole rings is 1. The van der Waals surface area contributed by atoms with Gasteiger partial charge < -0.3 is 10.3 Å². The number of nitrogens with zero attached hydrogens (tertiary/aromatic N) is 2. The first kappa shape index (κ1) is 15.8. The maximum atomic E-state index is 13.6. The maximum Gasteiger partial charge on any atom is 0.140 e. The third kappa shape index (κ3) is 3.48. The van der Waals surface area contributed by atoms with Crippen LogP contribution in [0.2, 0.25) is 0 Å². The van der Waals surface area contributed by atoms with Crippen LogP contribution in [0.15, 0.2) is 59.3 Å². The highest BCUT2D eigenvalue weighted by molar-refractivity contribution is 9.10. The van der Waals surface area contributed by atoms with Crippen LogP contribution in [-0.2, 0) is 6.54 Å². The molecule has 23 heavy (non-hydrogen) atoms. The molecule has 0 atom stereocenters. The highest BCUT2D eigenvalue weighted by Crippen LogP contribution is 2.24. The van der Waals surface area contributed by atoms with E-state index in [0.29, 0.717) is 27.4 Å². The van der Waals surface area contributed by atoms with Gasteiger partial charge in [0.2, 0.25) is 0 Å². The standard InChI is InChI=1S/C17H13BrFN3S/c18-13-7-12(8-14(19)9-13)17-21-5-6-22(17)10-11-3-1-2-4-15(11)16(20)23/h1-9H,10H2,(H2,20,23). The van der Waals surface area contributed by atoms with Crippen LogP contribution in [0.3, 0.4) is 0 Å². The van der Waals surface area contributed by atoms with Gasteiger partial charge in [-0.1, -0.05) is 52.4 Å². The van der Waals surface area contributed by atoms with E-state index in [1.807, 2.05) is 41.1 Å². The molecule has 0 aliphatic carbocycles. The fourth-order valence-corrected chi connectivity index (χ4v) is 3.13. The molecule has 0 unspecified atom stereocenters. The van der Waals surface area contributed by atoms with Gasteiger partial charge in [0.1, 0.15) is 16.6 Å². The monoisotopic (exact) mass is 389 g/mol. The second-order valence-electron chi connectivity index (χ2n) is 5.06. The Labute approximate surface area is 147 Å². The Hall–Kier alpha value is -2.05. The first-order valence-electron chi connectivity index (χ1n) is 6.90. The van der Waals surface area contributed by atoms with Crippen LogP contribution in [0.4, 0.5) is 4.39 Å². The summed E-state index contributed by atoms with van der Waals surface area (Å²) in [6.07, 6.45) is 3.54. The topological polar surface area (TPSA) is 43.8 Å². The van der Waals surface area contributed by atoms with Crippen molar-refractivity contribution in [2.24, 2.45) is 5.73 Å². The summed E-state index contributed by atoms with van der Waals surface area (Å²) in [6, 6.07) is 12.4. The minimum atomic E-state index is -0.313. The van der Waals surface area contributed by atoms with Crippen molar-refractivity contribution in [3.63, 3.8) is 0 Å². The second kappa shape index (κ2) is 6.60. The van der Waals surface area contributed by atoms with E-state index in [0.717, 1.165) is 11.1 Å². The molecule has 6 heteroatoms. The molecule has 0 radical (unpaired) electrons. The average molecular weight is 390 g/mol. The number of benzene rings is 2. The van der Waals surface area contributed by atoms with Gasteiger partial charge in [0, 0.05) is 34.5 Å². The molecule has 116 valence electrons. The molecule has 0 saturated heterocycles. The van der Waals surface area contributed by atoms with Crippen molar-refractivity contribution < 1.29 is 4.39 Å². The van der Waals surface area contributed by atoms with Gasteiger partial charge in [-0.25, -0.2) is 9.37 Å². The SMILES string of the molecule is NC(=S)c1ccccc1Cn1ccnc1-c1cc(F)cc(Br)c1. The summed E-state index contributed by atoms with van der Waals surface area (Å²) < 4.78 is 16.3. The lowest BCUT2D eigenvalue weighted by Crippen LogP contribution is -2.14. The minimum Gasteiger partial charge on any atom is -0.389 e. The largest absolute Gasteiger partial charge is 0.389 e. The van der Waals surface area contributed by atoms with Gasteiger partial charge in [-0.15, -0.1) is 0 Å². The van der Waals surface area contributed by atoms with Crippen molar-refractivity contribution in [2.75, 3.05) is 0 Å². The lowest BCUT2D eigenvalue weighted by molar-refractivity contribution is 0.627. The molecule has 1 heterocycles. The van der Waals surface area contributed by atoms with Gasteiger partial charge in [-0.3, -0.25) is 0 Å². The van der Waals surface area contributed by atoms with E-state index in [2.05, 4.69) is 20.9 Å². The average Bonchev–Trinajstić information content (AvgIpc) is 2.95. The Morgan fingerprint density at radius 3 is 2.78 bits per heavy atom. The molecule has 0 fully saturated rings. The van der Waals surface area contributed by atoms with Crippen molar-refractivity contribution >= 4 is 33.1 Å². The number of rotatable bonds is 4. The van der Waals surface area contributed by atoms with Crippen LogP contribution in [0.1, 0.15) is 11.1 Å². The van der Waals surface area contributed by atoms with E-state index in [-0.39, 0.29) is 5.82 Å². The van der Waals surface area contributed by atoms with Crippen LogP contribution >= 0.6 is 28.1 Å². The number of nitrogens with two attached hydrogens (primary N) is 1. The lowest BCUT2D eigenvalue weighted by Gasteiger charge is -2.12. The molecule has 0 spiro atoms. The molecular formula is C17H13BrFN3S. The number of thiocarbonyl (C=S) groups is 1. The minimum absolute atomic E-state index is 0.313. The molecule has 2 N–H and O–H groups in total. The summed E-state index contributed by atoms with van der Waals surface area (Å²) in [6.45, 7) is 0.553. The van der Waals surface area contributed by atoms with Gasteiger partial charge >= 0.3 is 0 Å². The lowest BCUT2D eigenvalue weighted by atomic mass is 10.1. The molecule has 0 bridgehead atoms. The summed E-state index contributed by atoms with van der Waals surface area (Å²) >= 11 is 8.41. The van der Waals surface area contributed by atoms with E-state index >= 15 is 0 Å². The number of halogens is 2. The van der Waals surface area contributed by atoms with Crippen LogP contribution < -0.4 is 5.73 Å². The summed E-state index contributed by atoms with van der Waals surface area (Å²) in [4.78, 5) is 4.71. The molecular weight excluding hydrogens is 377 g/mol. The molecule has 3 rings (SSSR count). The molecule has 2 aromatic carbocycles. The Balaban J connectivity index is 2.01. The van der Waals surface area contributed by atoms with Gasteiger partial charge in [0.15, 0.2) is 0 Å². The zero-order chi connectivity index (χ0) is 16.4. The molecule has 3 aromatic rings. The van der Waals surface area contributed by atoms with Crippen molar-refractivity contribution in [2.45, 2.75) is 6.54 Å². The smallest absolute Gasteiger partial charge is 0.140 e. The summed E-state index contributed by atoms with van der Waals surface area (Å²) in [5, 5.41) is 0. The first-order valence-corrected chi connectivity index (χ1v) is 8.10. The fraction of sp³-hybridized carbons (Fsp3) is 0.0588. The van der Waals surface area contributed by atoms with Gasteiger partial charge in [-0.05, 0) is 23.8 Å². The van der Waals surface area contributed by atoms with E-state index in [1.54, 1.807) is 6.20 Å². The highest BCUT2D eigenvalue weighted by Gasteiger charge is 2.11. The van der Waals surface area contributed by atoms with Gasteiger partial charge in [0.05, 0.1) is 0 Å². The summed E-state index contributed by atoms with van der Waals surface area (Å²) in [7, 11) is 0. The molecule has 3 nitrogen and oxygen atoms in total. The van der Waals surface area contributed by atoms with Crippen LogP contribution in [0, 0.1) is 5.82 Å². The second-order valence-corrected chi connectivity index (χ2v) is 6.41. The molecule has 0 aliphatic heterocycles. The number of hydrogen-bond donors (Lipinski definition) is 1. The Morgan fingerprint density at radius 1 is 1.26 bits per heavy atom. The van der Waals surface area contributed by atoms with E-state index in [9.17, 15) is 4.39 Å². The predicted molar refractivity (Wildman–Crippen MR) is 96.8 cm³/mol. The third-order valence-electron chi connectivity index (χ3n) is 3.46. The highest BCUT2D eigenvalue weighted by atomic mass is 79.9. The van der Waals surface area contributed by atoms with Crippen molar-refractivity contribution in [3.8, 4) is 11.4 Å².